The molecule has 0 bridgehead atoms. The van der Waals surface area contributed by atoms with Gasteiger partial charge in [0.2, 0.25) is 11.1 Å². The van der Waals surface area contributed by atoms with Gasteiger partial charge in [0.1, 0.15) is 18.2 Å². The maximum Gasteiger partial charge on any atom is 0.269 e. The smallest absolute Gasteiger partial charge is 0.269 e. The standard InChI is InChI=1S/C23H20ClFN6O5/c1-13-6-15(12-34-2)16(8-26)22(33)31(13)11-20(32)30-28-9-14-4-5-18(19(7-14)35-3)36-21-17(25)10-27-23(24)29-21/h4-7,9-10H,11-12H2,1-3H3,(H,30,32)/b28-9+. The number of methoxy groups -OCH3 is 2. The van der Waals surface area contributed by atoms with Crippen LogP contribution in [0, 0.1) is 24.1 Å². The third-order valence-electron chi connectivity index (χ3n) is 4.78. The Hall–Kier alpha value is -4.34. The molecule has 13 heteroatoms. The van der Waals surface area contributed by atoms with E-state index in [0.29, 0.717) is 16.8 Å². The van der Waals surface area contributed by atoms with Crippen molar-refractivity contribution in [2.75, 3.05) is 14.2 Å². The van der Waals surface area contributed by atoms with Gasteiger partial charge in [0, 0.05) is 18.4 Å². The SMILES string of the molecule is COCc1cc(C)n(CC(=O)N/N=C/c2ccc(Oc3nc(Cl)ncc3F)c(OC)c2)c(=O)c1C#N. The molecule has 0 spiro atoms. The molecule has 0 saturated carbocycles. The molecule has 1 amide bonds. The van der Waals surface area contributed by atoms with Gasteiger partial charge in [-0.3, -0.25) is 9.59 Å². The Morgan fingerprint density at radius 1 is 1.33 bits per heavy atom. The Morgan fingerprint density at radius 3 is 2.81 bits per heavy atom. The van der Waals surface area contributed by atoms with Gasteiger partial charge in [-0.1, -0.05) is 0 Å². The normalized spacial score (nSPS) is 10.8. The van der Waals surface area contributed by atoms with Gasteiger partial charge in [-0.25, -0.2) is 10.4 Å². The summed E-state index contributed by atoms with van der Waals surface area (Å²) in [4.78, 5) is 32.2. The fraction of sp³-hybridized carbons (Fsp3) is 0.217. The molecule has 11 nitrogen and oxygen atoms in total. The summed E-state index contributed by atoms with van der Waals surface area (Å²) < 4.78 is 30.7. The van der Waals surface area contributed by atoms with E-state index in [1.54, 1.807) is 19.1 Å². The first-order valence-corrected chi connectivity index (χ1v) is 10.6. The van der Waals surface area contributed by atoms with Crippen molar-refractivity contribution in [2.45, 2.75) is 20.1 Å². The van der Waals surface area contributed by atoms with Gasteiger partial charge < -0.3 is 18.8 Å². The quantitative estimate of drug-likeness (QED) is 0.261. The zero-order valence-electron chi connectivity index (χ0n) is 19.4. The number of nitrogens with one attached hydrogen (secondary N) is 1. The second-order valence-corrected chi connectivity index (χ2v) is 7.56. The number of benzene rings is 1. The summed E-state index contributed by atoms with van der Waals surface area (Å²) in [5.41, 5.74) is 3.11. The molecular formula is C23H20ClFN6O5. The van der Waals surface area contributed by atoms with E-state index in [-0.39, 0.29) is 41.4 Å². The molecule has 1 aromatic carbocycles. The monoisotopic (exact) mass is 514 g/mol. The maximum atomic E-state index is 13.9. The molecule has 0 aliphatic rings. The van der Waals surface area contributed by atoms with Crippen molar-refractivity contribution in [3.05, 3.63) is 74.3 Å². The number of nitriles is 1. The molecule has 0 saturated heterocycles. The van der Waals surface area contributed by atoms with Gasteiger partial charge in [-0.2, -0.15) is 19.7 Å². The van der Waals surface area contributed by atoms with Gasteiger partial charge in [0.25, 0.3) is 17.3 Å². The Balaban J connectivity index is 1.71. The topological polar surface area (TPSA) is 141 Å². The number of pyridine rings is 1. The highest BCUT2D eigenvalue weighted by Crippen LogP contribution is 2.32. The zero-order valence-corrected chi connectivity index (χ0v) is 20.2. The van der Waals surface area contributed by atoms with E-state index >= 15 is 0 Å². The largest absolute Gasteiger partial charge is 0.493 e. The van der Waals surface area contributed by atoms with Crippen LogP contribution in [-0.2, 0) is 22.7 Å². The summed E-state index contributed by atoms with van der Waals surface area (Å²) in [6, 6.07) is 8.09. The van der Waals surface area contributed by atoms with E-state index in [2.05, 4.69) is 20.5 Å². The average molecular weight is 515 g/mol. The lowest BCUT2D eigenvalue weighted by Crippen LogP contribution is -2.33. The van der Waals surface area contributed by atoms with Crippen molar-refractivity contribution in [3.8, 4) is 23.4 Å². The molecule has 0 atom stereocenters. The molecular weight excluding hydrogens is 495 g/mol. The summed E-state index contributed by atoms with van der Waals surface area (Å²) in [6.45, 7) is 1.41. The molecule has 0 aliphatic carbocycles. The number of halogens is 2. The van der Waals surface area contributed by atoms with Crippen LogP contribution in [0.3, 0.4) is 0 Å². The van der Waals surface area contributed by atoms with Gasteiger partial charge in [0.15, 0.2) is 11.5 Å². The summed E-state index contributed by atoms with van der Waals surface area (Å²) in [6.07, 6.45) is 2.22. The number of rotatable bonds is 9. The summed E-state index contributed by atoms with van der Waals surface area (Å²) in [5.74, 6) is -1.36. The number of ether oxygens (including phenoxy) is 3. The molecule has 36 heavy (non-hydrogen) atoms. The van der Waals surface area contributed by atoms with E-state index < -0.39 is 17.3 Å². The predicted molar refractivity (Wildman–Crippen MR) is 127 cm³/mol. The van der Waals surface area contributed by atoms with Gasteiger partial charge in [-0.05, 0) is 48.4 Å². The fourth-order valence-electron chi connectivity index (χ4n) is 3.13. The number of carbonyl (C=O) groups excluding carboxylic acids is 1. The Kier molecular flexibility index (Phi) is 8.66. The number of hydrogen-bond donors (Lipinski definition) is 1. The zero-order chi connectivity index (χ0) is 26.2. The van der Waals surface area contributed by atoms with Gasteiger partial charge in [-0.15, -0.1) is 0 Å². The number of carbonyl (C=O) groups is 1. The van der Waals surface area contributed by atoms with Crippen LogP contribution in [0.25, 0.3) is 0 Å². The Labute approximate surface area is 209 Å². The van der Waals surface area contributed by atoms with Gasteiger partial charge in [0.05, 0.1) is 26.1 Å². The van der Waals surface area contributed by atoms with Crippen molar-refractivity contribution >= 4 is 23.7 Å². The number of hydrazone groups is 1. The molecule has 2 heterocycles. The minimum absolute atomic E-state index is 0.0859. The molecule has 3 rings (SSSR count). The van der Waals surface area contributed by atoms with Crippen molar-refractivity contribution in [3.63, 3.8) is 0 Å². The van der Waals surface area contributed by atoms with Gasteiger partial charge >= 0.3 is 0 Å². The first kappa shape index (κ1) is 26.3. The van der Waals surface area contributed by atoms with Crippen LogP contribution in [0.2, 0.25) is 5.28 Å². The molecule has 0 aliphatic heterocycles. The number of aryl methyl sites for hydroxylation is 1. The van der Waals surface area contributed by atoms with Crippen LogP contribution in [0.1, 0.15) is 22.4 Å². The lowest BCUT2D eigenvalue weighted by molar-refractivity contribution is -0.121. The van der Waals surface area contributed by atoms with E-state index in [0.717, 1.165) is 6.20 Å². The number of nitrogens with zero attached hydrogens (tertiary/aromatic N) is 5. The van der Waals surface area contributed by atoms with Crippen LogP contribution < -0.4 is 20.5 Å². The number of aromatic nitrogens is 3. The van der Waals surface area contributed by atoms with E-state index in [1.165, 1.54) is 37.1 Å². The minimum Gasteiger partial charge on any atom is -0.493 e. The van der Waals surface area contributed by atoms with Crippen LogP contribution in [0.5, 0.6) is 17.4 Å². The highest BCUT2D eigenvalue weighted by Gasteiger charge is 2.15. The molecule has 0 unspecified atom stereocenters. The van der Waals surface area contributed by atoms with Crippen LogP contribution in [-0.4, -0.2) is 40.9 Å². The molecule has 1 N–H and O–H groups in total. The van der Waals surface area contributed by atoms with Crippen molar-refractivity contribution < 1.29 is 23.4 Å². The summed E-state index contributed by atoms with van der Waals surface area (Å²) in [5, 5.41) is 13.0. The summed E-state index contributed by atoms with van der Waals surface area (Å²) in [7, 11) is 2.85. The predicted octanol–water partition coefficient (Wildman–Crippen LogP) is 2.71. The molecule has 2 aromatic heterocycles. The average Bonchev–Trinajstić information content (AvgIpc) is 2.85. The molecule has 0 radical (unpaired) electrons. The first-order valence-electron chi connectivity index (χ1n) is 10.3. The van der Waals surface area contributed by atoms with E-state index in [4.69, 9.17) is 25.8 Å². The molecule has 3 aromatic rings. The number of hydrogen-bond acceptors (Lipinski definition) is 9. The fourth-order valence-corrected chi connectivity index (χ4v) is 3.26. The summed E-state index contributed by atoms with van der Waals surface area (Å²) >= 11 is 5.68. The Bertz CT molecular complexity index is 1420. The van der Waals surface area contributed by atoms with Crippen LogP contribution >= 0.6 is 11.6 Å². The van der Waals surface area contributed by atoms with Crippen molar-refractivity contribution in [1.82, 2.24) is 20.0 Å². The Morgan fingerprint density at radius 2 is 2.11 bits per heavy atom. The minimum atomic E-state index is -0.806. The lowest BCUT2D eigenvalue weighted by atomic mass is 10.1. The van der Waals surface area contributed by atoms with Crippen molar-refractivity contribution in [1.29, 1.82) is 5.26 Å². The van der Waals surface area contributed by atoms with Crippen LogP contribution in [0.4, 0.5) is 4.39 Å². The first-order chi connectivity index (χ1) is 17.3. The van der Waals surface area contributed by atoms with E-state index in [1.807, 2.05) is 6.07 Å². The maximum absolute atomic E-state index is 13.9. The highest BCUT2D eigenvalue weighted by atomic mass is 35.5. The highest BCUT2D eigenvalue weighted by molar-refractivity contribution is 6.28. The third-order valence-corrected chi connectivity index (χ3v) is 4.96. The second-order valence-electron chi connectivity index (χ2n) is 7.22. The number of amides is 1. The molecule has 0 fully saturated rings. The second kappa shape index (κ2) is 11.9. The van der Waals surface area contributed by atoms with Crippen molar-refractivity contribution in [2.24, 2.45) is 5.10 Å². The molecule has 186 valence electrons. The van der Waals surface area contributed by atoms with Crippen LogP contribution in [0.15, 0.2) is 40.4 Å². The third kappa shape index (κ3) is 6.21. The van der Waals surface area contributed by atoms with E-state index in [9.17, 15) is 19.2 Å². The lowest BCUT2D eigenvalue weighted by Gasteiger charge is -2.12.